The van der Waals surface area contributed by atoms with Crippen molar-refractivity contribution in [3.8, 4) is 5.75 Å². The molecule has 1 aromatic rings. The van der Waals surface area contributed by atoms with Gasteiger partial charge in [0.15, 0.2) is 0 Å². The molecule has 2 rings (SSSR count). The Morgan fingerprint density at radius 2 is 2.05 bits per heavy atom. The van der Waals surface area contributed by atoms with E-state index in [4.69, 9.17) is 9.47 Å². The van der Waals surface area contributed by atoms with Gasteiger partial charge in [0.25, 0.3) is 0 Å². The quantitative estimate of drug-likeness (QED) is 0.918. The van der Waals surface area contributed by atoms with Crippen LogP contribution in [0.25, 0.3) is 0 Å². The fourth-order valence-corrected chi connectivity index (χ4v) is 3.35. The molecular formula is C17H26O3. The molecule has 2 atom stereocenters. The summed E-state index contributed by atoms with van der Waals surface area (Å²) in [5, 5.41) is 11.4. The van der Waals surface area contributed by atoms with Crippen molar-refractivity contribution in [1.82, 2.24) is 0 Å². The van der Waals surface area contributed by atoms with Gasteiger partial charge in [0.1, 0.15) is 17.5 Å². The molecule has 1 N–H and O–H groups in total. The van der Waals surface area contributed by atoms with Crippen LogP contribution in [0.2, 0.25) is 0 Å². The molecule has 3 nitrogen and oxygen atoms in total. The summed E-state index contributed by atoms with van der Waals surface area (Å²) in [7, 11) is 1.65. The first kappa shape index (κ1) is 15.3. The molecule has 1 saturated heterocycles. The first-order valence-electron chi connectivity index (χ1n) is 7.31. The van der Waals surface area contributed by atoms with Crippen molar-refractivity contribution in [3.63, 3.8) is 0 Å². The van der Waals surface area contributed by atoms with Crippen molar-refractivity contribution in [3.05, 3.63) is 29.8 Å². The van der Waals surface area contributed by atoms with E-state index < -0.39 is 5.60 Å². The van der Waals surface area contributed by atoms with Crippen LogP contribution >= 0.6 is 0 Å². The van der Waals surface area contributed by atoms with E-state index >= 15 is 0 Å². The fraction of sp³-hybridized carbons (Fsp3) is 0.647. The fourth-order valence-electron chi connectivity index (χ4n) is 3.35. The van der Waals surface area contributed by atoms with Crippen LogP contribution in [0.3, 0.4) is 0 Å². The van der Waals surface area contributed by atoms with E-state index in [0.29, 0.717) is 6.61 Å². The second-order valence-corrected chi connectivity index (χ2v) is 6.64. The van der Waals surface area contributed by atoms with Gasteiger partial charge >= 0.3 is 0 Å². The van der Waals surface area contributed by atoms with Crippen molar-refractivity contribution in [1.29, 1.82) is 0 Å². The summed E-state index contributed by atoms with van der Waals surface area (Å²) in [6.07, 6.45) is 0.545. The summed E-state index contributed by atoms with van der Waals surface area (Å²) in [6, 6.07) is 7.81. The third-order valence-electron chi connectivity index (χ3n) is 4.77. The van der Waals surface area contributed by atoms with Crippen molar-refractivity contribution < 1.29 is 14.6 Å². The summed E-state index contributed by atoms with van der Waals surface area (Å²) < 4.78 is 11.3. The number of benzene rings is 1. The molecule has 20 heavy (non-hydrogen) atoms. The summed E-state index contributed by atoms with van der Waals surface area (Å²) in [6.45, 7) is 9.04. The average molecular weight is 278 g/mol. The molecule has 0 saturated carbocycles. The van der Waals surface area contributed by atoms with Crippen LogP contribution in [-0.4, -0.2) is 24.4 Å². The lowest BCUT2D eigenvalue weighted by molar-refractivity contribution is -0.234. The van der Waals surface area contributed by atoms with E-state index in [9.17, 15) is 5.11 Å². The van der Waals surface area contributed by atoms with Gasteiger partial charge in [0.05, 0.1) is 7.11 Å². The van der Waals surface area contributed by atoms with Crippen LogP contribution in [0, 0.1) is 11.3 Å². The first-order chi connectivity index (χ1) is 9.33. The Bertz CT molecular complexity index is 467. The van der Waals surface area contributed by atoms with Gasteiger partial charge in [-0.15, -0.1) is 0 Å². The molecule has 0 aliphatic carbocycles. The number of ether oxygens (including phenoxy) is 2. The molecule has 2 unspecified atom stereocenters. The first-order valence-corrected chi connectivity index (χ1v) is 7.31. The highest BCUT2D eigenvalue weighted by Gasteiger charge is 2.54. The molecule has 1 heterocycles. The number of hydrogen-bond acceptors (Lipinski definition) is 3. The van der Waals surface area contributed by atoms with Gasteiger partial charge in [0.2, 0.25) is 0 Å². The minimum atomic E-state index is -0.891. The number of hydrogen-bond donors (Lipinski definition) is 1. The van der Waals surface area contributed by atoms with E-state index in [1.54, 1.807) is 7.11 Å². The largest absolute Gasteiger partial charge is 0.497 e. The lowest BCUT2D eigenvalue weighted by Crippen LogP contribution is -2.57. The minimum absolute atomic E-state index is 0.106. The van der Waals surface area contributed by atoms with Crippen molar-refractivity contribution in [2.45, 2.75) is 45.8 Å². The normalized spacial score (nSPS) is 29.4. The van der Waals surface area contributed by atoms with Gasteiger partial charge in [-0.25, -0.2) is 0 Å². The van der Waals surface area contributed by atoms with Gasteiger partial charge in [-0.05, 0) is 35.4 Å². The summed E-state index contributed by atoms with van der Waals surface area (Å²) in [5.41, 5.74) is -0.0987. The molecular weight excluding hydrogens is 252 g/mol. The van der Waals surface area contributed by atoms with E-state index in [2.05, 4.69) is 27.7 Å². The van der Waals surface area contributed by atoms with Crippen molar-refractivity contribution >= 4 is 0 Å². The zero-order chi connectivity index (χ0) is 15.0. The molecule has 0 radical (unpaired) electrons. The molecule has 3 heteroatoms. The predicted octanol–water partition coefficient (Wildman–Crippen LogP) is 3.57. The minimum Gasteiger partial charge on any atom is -0.497 e. The molecule has 112 valence electrons. The van der Waals surface area contributed by atoms with Crippen LogP contribution in [0.5, 0.6) is 5.75 Å². The molecule has 0 bridgehead atoms. The highest BCUT2D eigenvalue weighted by Crippen LogP contribution is 2.52. The second-order valence-electron chi connectivity index (χ2n) is 6.64. The zero-order valence-electron chi connectivity index (χ0n) is 13.1. The Morgan fingerprint density at radius 3 is 2.65 bits per heavy atom. The number of rotatable bonds is 3. The third kappa shape index (κ3) is 2.33. The molecule has 1 fully saturated rings. The highest BCUT2D eigenvalue weighted by molar-refractivity contribution is 5.32. The van der Waals surface area contributed by atoms with Crippen molar-refractivity contribution in [2.24, 2.45) is 11.3 Å². The predicted molar refractivity (Wildman–Crippen MR) is 79.9 cm³/mol. The maximum atomic E-state index is 11.4. The smallest absolute Gasteiger partial charge is 0.119 e. The average Bonchev–Trinajstić information content (AvgIpc) is 2.41. The molecule has 1 aromatic carbocycles. The Kier molecular flexibility index (Phi) is 4.12. The molecule has 0 spiro atoms. The van der Waals surface area contributed by atoms with E-state index in [1.165, 1.54) is 0 Å². The summed E-state index contributed by atoms with van der Waals surface area (Å²) in [4.78, 5) is 0. The second kappa shape index (κ2) is 5.38. The lowest BCUT2D eigenvalue weighted by atomic mass is 9.62. The lowest BCUT2D eigenvalue weighted by Gasteiger charge is -2.53. The van der Waals surface area contributed by atoms with E-state index in [-0.39, 0.29) is 17.4 Å². The monoisotopic (exact) mass is 278 g/mol. The maximum Gasteiger partial charge on any atom is 0.119 e. The van der Waals surface area contributed by atoms with Gasteiger partial charge in [-0.3, -0.25) is 0 Å². The van der Waals surface area contributed by atoms with E-state index in [0.717, 1.165) is 17.7 Å². The van der Waals surface area contributed by atoms with Crippen LogP contribution in [0.1, 0.15) is 45.8 Å². The third-order valence-corrected chi connectivity index (χ3v) is 4.77. The van der Waals surface area contributed by atoms with Gasteiger partial charge in [0, 0.05) is 6.61 Å². The molecule has 1 aliphatic rings. The molecule has 0 amide bonds. The number of methoxy groups -OCH3 is 1. The van der Waals surface area contributed by atoms with E-state index in [1.807, 2.05) is 24.3 Å². The Balaban J connectivity index is 2.46. The SMILES string of the molecule is COc1cccc(C2OCCC(C)(C)C2(O)C(C)C)c1. The van der Waals surface area contributed by atoms with Crippen LogP contribution in [-0.2, 0) is 4.74 Å². The molecule has 1 aliphatic heterocycles. The molecule has 0 aromatic heterocycles. The summed E-state index contributed by atoms with van der Waals surface area (Å²) in [5.74, 6) is 0.898. The van der Waals surface area contributed by atoms with Crippen molar-refractivity contribution in [2.75, 3.05) is 13.7 Å². The number of aliphatic hydroxyl groups is 1. The van der Waals surface area contributed by atoms with Gasteiger partial charge < -0.3 is 14.6 Å². The maximum absolute atomic E-state index is 11.4. The Morgan fingerprint density at radius 1 is 1.35 bits per heavy atom. The Hall–Kier alpha value is -1.06. The standard InChI is InChI=1S/C17H26O3/c1-12(2)17(18)15(20-10-9-16(17,3)4)13-7-6-8-14(11-13)19-5/h6-8,11-12,15,18H,9-10H2,1-5H3. The van der Waals surface area contributed by atoms with Gasteiger partial charge in [-0.1, -0.05) is 39.8 Å². The van der Waals surface area contributed by atoms with Crippen LogP contribution in [0.4, 0.5) is 0 Å². The van der Waals surface area contributed by atoms with Crippen LogP contribution < -0.4 is 4.74 Å². The topological polar surface area (TPSA) is 38.7 Å². The zero-order valence-corrected chi connectivity index (χ0v) is 13.1. The Labute approximate surface area is 121 Å². The summed E-state index contributed by atoms with van der Waals surface area (Å²) >= 11 is 0. The van der Waals surface area contributed by atoms with Crippen LogP contribution in [0.15, 0.2) is 24.3 Å². The highest BCUT2D eigenvalue weighted by atomic mass is 16.5. The van der Waals surface area contributed by atoms with Gasteiger partial charge in [-0.2, -0.15) is 0 Å².